The van der Waals surface area contributed by atoms with Crippen molar-refractivity contribution in [1.29, 1.82) is 0 Å². The lowest BCUT2D eigenvalue weighted by molar-refractivity contribution is 0.557. The summed E-state index contributed by atoms with van der Waals surface area (Å²) < 4.78 is 15.0. The maximum absolute atomic E-state index is 14.2. The normalized spacial score (nSPS) is 12.4. The lowest BCUT2D eigenvalue weighted by Crippen LogP contribution is -2.25. The molecule has 1 aromatic carbocycles. The standard InChI is InChI=1S/C15H17BrFN3/c1-3-19-14(11-8-10(16)4-5-12(11)17)13-9(2)6-7-20-15(13)18/h4-8,14,19H,3H2,1-2H3,(H2,18,20). The number of nitrogens with zero attached hydrogens (tertiary/aromatic N) is 1. The fourth-order valence-electron chi connectivity index (χ4n) is 2.27. The van der Waals surface area contributed by atoms with Crippen LogP contribution in [0.3, 0.4) is 0 Å². The van der Waals surface area contributed by atoms with Crippen molar-refractivity contribution in [3.05, 3.63) is 57.4 Å². The summed E-state index contributed by atoms with van der Waals surface area (Å²) >= 11 is 3.38. The third-order valence-electron chi connectivity index (χ3n) is 3.20. The summed E-state index contributed by atoms with van der Waals surface area (Å²) in [5.74, 6) is 0.164. The number of pyridine rings is 1. The number of rotatable bonds is 4. The molecule has 3 nitrogen and oxygen atoms in total. The topological polar surface area (TPSA) is 50.9 Å². The zero-order valence-electron chi connectivity index (χ0n) is 11.5. The number of aryl methyl sites for hydroxylation is 1. The molecule has 1 atom stereocenters. The fourth-order valence-corrected chi connectivity index (χ4v) is 2.65. The van der Waals surface area contributed by atoms with Gasteiger partial charge in [-0.1, -0.05) is 22.9 Å². The molecule has 0 saturated heterocycles. The monoisotopic (exact) mass is 337 g/mol. The zero-order chi connectivity index (χ0) is 14.7. The largest absolute Gasteiger partial charge is 0.383 e. The first-order valence-corrected chi connectivity index (χ1v) is 7.23. The maximum atomic E-state index is 14.2. The Labute approximate surface area is 126 Å². The number of nitrogens with two attached hydrogens (primary N) is 1. The molecule has 0 aliphatic carbocycles. The van der Waals surface area contributed by atoms with E-state index in [0.29, 0.717) is 17.9 Å². The zero-order valence-corrected chi connectivity index (χ0v) is 13.0. The Kier molecular flexibility index (Phi) is 4.73. The third kappa shape index (κ3) is 2.99. The lowest BCUT2D eigenvalue weighted by Gasteiger charge is -2.22. The van der Waals surface area contributed by atoms with Crippen LogP contribution in [-0.4, -0.2) is 11.5 Å². The first-order chi connectivity index (χ1) is 9.54. The predicted octanol–water partition coefficient (Wildman–Crippen LogP) is 3.57. The minimum Gasteiger partial charge on any atom is -0.383 e. The van der Waals surface area contributed by atoms with E-state index in [1.165, 1.54) is 6.07 Å². The molecule has 106 valence electrons. The van der Waals surface area contributed by atoms with Gasteiger partial charge in [0.25, 0.3) is 0 Å². The molecule has 0 amide bonds. The molecule has 0 bridgehead atoms. The summed E-state index contributed by atoms with van der Waals surface area (Å²) in [6, 6.07) is 6.47. The number of aromatic nitrogens is 1. The van der Waals surface area contributed by atoms with Crippen molar-refractivity contribution in [1.82, 2.24) is 10.3 Å². The van der Waals surface area contributed by atoms with Gasteiger partial charge in [-0.25, -0.2) is 9.37 Å². The molecule has 0 saturated carbocycles. The van der Waals surface area contributed by atoms with Gasteiger partial charge in [-0.2, -0.15) is 0 Å². The van der Waals surface area contributed by atoms with E-state index in [1.54, 1.807) is 18.3 Å². The summed E-state index contributed by atoms with van der Waals surface area (Å²) in [6.07, 6.45) is 1.66. The number of halogens is 2. The minimum absolute atomic E-state index is 0.262. The van der Waals surface area contributed by atoms with E-state index >= 15 is 0 Å². The van der Waals surface area contributed by atoms with Gasteiger partial charge in [-0.3, -0.25) is 0 Å². The van der Waals surface area contributed by atoms with Crippen molar-refractivity contribution in [3.63, 3.8) is 0 Å². The number of anilines is 1. The molecule has 1 aromatic heterocycles. The molecule has 0 aliphatic heterocycles. The molecule has 0 spiro atoms. The van der Waals surface area contributed by atoms with Gasteiger partial charge in [0.2, 0.25) is 0 Å². The van der Waals surface area contributed by atoms with Crippen LogP contribution >= 0.6 is 15.9 Å². The Morgan fingerprint density at radius 1 is 1.40 bits per heavy atom. The van der Waals surface area contributed by atoms with Crippen LogP contribution in [0.25, 0.3) is 0 Å². The molecule has 3 N–H and O–H groups in total. The fraction of sp³-hybridized carbons (Fsp3) is 0.267. The average molecular weight is 338 g/mol. The van der Waals surface area contributed by atoms with Gasteiger partial charge in [0.05, 0.1) is 6.04 Å². The number of hydrogen-bond acceptors (Lipinski definition) is 3. The van der Waals surface area contributed by atoms with Crippen LogP contribution in [0.2, 0.25) is 0 Å². The average Bonchev–Trinajstić information content (AvgIpc) is 2.40. The minimum atomic E-state index is -0.314. The van der Waals surface area contributed by atoms with Crippen LogP contribution in [0, 0.1) is 12.7 Å². The quantitative estimate of drug-likeness (QED) is 0.896. The van der Waals surface area contributed by atoms with Crippen LogP contribution < -0.4 is 11.1 Å². The second kappa shape index (κ2) is 6.33. The van der Waals surface area contributed by atoms with Gasteiger partial charge in [0, 0.05) is 21.8 Å². The predicted molar refractivity (Wildman–Crippen MR) is 83.0 cm³/mol. The van der Waals surface area contributed by atoms with Gasteiger partial charge >= 0.3 is 0 Å². The van der Waals surface area contributed by atoms with Gasteiger partial charge in [0.15, 0.2) is 0 Å². The molecule has 2 rings (SSSR count). The smallest absolute Gasteiger partial charge is 0.128 e. The Balaban J connectivity index is 2.59. The van der Waals surface area contributed by atoms with Crippen molar-refractivity contribution in [2.45, 2.75) is 19.9 Å². The summed E-state index contributed by atoms with van der Waals surface area (Å²) in [4.78, 5) is 4.12. The highest BCUT2D eigenvalue weighted by atomic mass is 79.9. The van der Waals surface area contributed by atoms with Crippen molar-refractivity contribution < 1.29 is 4.39 Å². The molecule has 1 unspecified atom stereocenters. The lowest BCUT2D eigenvalue weighted by atomic mass is 9.95. The van der Waals surface area contributed by atoms with Gasteiger partial charge in [-0.05, 0) is 43.3 Å². The molecule has 0 fully saturated rings. The molecule has 2 aromatic rings. The van der Waals surface area contributed by atoms with E-state index in [-0.39, 0.29) is 11.9 Å². The maximum Gasteiger partial charge on any atom is 0.128 e. The first-order valence-electron chi connectivity index (χ1n) is 6.44. The molecule has 1 heterocycles. The van der Waals surface area contributed by atoms with Crippen LogP contribution in [0.4, 0.5) is 10.2 Å². The van der Waals surface area contributed by atoms with Crippen LogP contribution in [0.15, 0.2) is 34.9 Å². The second-order valence-electron chi connectivity index (χ2n) is 4.58. The van der Waals surface area contributed by atoms with E-state index in [2.05, 4.69) is 26.2 Å². The molecule has 0 aliphatic rings. The Morgan fingerprint density at radius 2 is 2.15 bits per heavy atom. The van der Waals surface area contributed by atoms with Crippen molar-refractivity contribution in [3.8, 4) is 0 Å². The summed E-state index contributed by atoms with van der Waals surface area (Å²) in [6.45, 7) is 4.63. The Hall–Kier alpha value is -1.46. The Bertz CT molecular complexity index is 596. The van der Waals surface area contributed by atoms with E-state index in [1.807, 2.05) is 19.9 Å². The Morgan fingerprint density at radius 3 is 2.80 bits per heavy atom. The summed E-state index contributed by atoms with van der Waals surface area (Å²) in [5, 5.41) is 3.28. The van der Waals surface area contributed by atoms with Crippen LogP contribution in [-0.2, 0) is 0 Å². The highest BCUT2D eigenvalue weighted by Crippen LogP contribution is 2.31. The highest BCUT2D eigenvalue weighted by molar-refractivity contribution is 9.10. The molecular weight excluding hydrogens is 321 g/mol. The molecule has 20 heavy (non-hydrogen) atoms. The molecule has 5 heteroatoms. The van der Waals surface area contributed by atoms with Gasteiger partial charge < -0.3 is 11.1 Å². The van der Waals surface area contributed by atoms with E-state index < -0.39 is 0 Å². The van der Waals surface area contributed by atoms with E-state index in [9.17, 15) is 4.39 Å². The molecular formula is C15H17BrFN3. The summed E-state index contributed by atoms with van der Waals surface area (Å²) in [5.41, 5.74) is 8.37. The highest BCUT2D eigenvalue weighted by Gasteiger charge is 2.21. The molecule has 0 radical (unpaired) electrons. The van der Waals surface area contributed by atoms with Crippen molar-refractivity contribution in [2.24, 2.45) is 0 Å². The first kappa shape index (κ1) is 14.9. The van der Waals surface area contributed by atoms with Crippen molar-refractivity contribution >= 4 is 21.7 Å². The number of benzene rings is 1. The number of hydrogen-bond donors (Lipinski definition) is 2. The van der Waals surface area contributed by atoms with Gasteiger partial charge in [-0.15, -0.1) is 0 Å². The third-order valence-corrected chi connectivity index (χ3v) is 3.70. The van der Waals surface area contributed by atoms with E-state index in [4.69, 9.17) is 5.73 Å². The van der Waals surface area contributed by atoms with Crippen molar-refractivity contribution in [2.75, 3.05) is 12.3 Å². The van der Waals surface area contributed by atoms with Crippen LogP contribution in [0.5, 0.6) is 0 Å². The van der Waals surface area contributed by atoms with Crippen LogP contribution in [0.1, 0.15) is 29.7 Å². The summed E-state index contributed by atoms with van der Waals surface area (Å²) in [7, 11) is 0. The SMILES string of the molecule is CCNC(c1cc(Br)ccc1F)c1c(C)ccnc1N. The van der Waals surface area contributed by atoms with E-state index in [0.717, 1.165) is 15.6 Å². The number of nitrogen functional groups attached to an aromatic ring is 1. The number of nitrogens with one attached hydrogen (secondary N) is 1. The van der Waals surface area contributed by atoms with Gasteiger partial charge in [0.1, 0.15) is 11.6 Å². The second-order valence-corrected chi connectivity index (χ2v) is 5.50.